The molecule has 0 aliphatic carbocycles. The molecule has 0 saturated carbocycles. The van der Waals surface area contributed by atoms with Gasteiger partial charge in [0.25, 0.3) is 0 Å². The first-order valence-corrected chi connectivity index (χ1v) is 9.50. The summed E-state index contributed by atoms with van der Waals surface area (Å²) in [7, 11) is -2.84. The fourth-order valence-corrected chi connectivity index (χ4v) is 4.81. The molecule has 1 aliphatic rings. The van der Waals surface area contributed by atoms with E-state index in [2.05, 4.69) is 57.3 Å². The molecule has 0 radical (unpaired) electrons. The van der Waals surface area contributed by atoms with Crippen LogP contribution in [0.2, 0.25) is 0 Å². The Bertz CT molecular complexity index is 570. The van der Waals surface area contributed by atoms with Crippen LogP contribution in [0.25, 0.3) is 0 Å². The third kappa shape index (κ3) is 4.82. The van der Waals surface area contributed by atoms with Gasteiger partial charge in [0, 0.05) is 18.0 Å². The Morgan fingerprint density at radius 2 is 1.86 bits per heavy atom. The van der Waals surface area contributed by atoms with Gasteiger partial charge in [-0.25, -0.2) is 8.42 Å². The summed E-state index contributed by atoms with van der Waals surface area (Å²) in [4.78, 5) is 0. The number of rotatable bonds is 4. The molecule has 0 spiro atoms. The summed E-state index contributed by atoms with van der Waals surface area (Å²) >= 11 is 0. The SMILES string of the molecule is Cc1ccc(C(CNC(C)(C)C)C2CCS(=O)(=O)C2)cc1. The Morgan fingerprint density at radius 1 is 1.24 bits per heavy atom. The van der Waals surface area contributed by atoms with Crippen molar-refractivity contribution in [3.63, 3.8) is 0 Å². The highest BCUT2D eigenvalue weighted by Crippen LogP contribution is 2.33. The van der Waals surface area contributed by atoms with Gasteiger partial charge in [-0.1, -0.05) is 29.8 Å². The molecule has 0 amide bonds. The summed E-state index contributed by atoms with van der Waals surface area (Å²) in [6, 6.07) is 8.52. The molecule has 1 aromatic rings. The Hall–Kier alpha value is -0.870. The third-order valence-corrected chi connectivity index (χ3v) is 5.99. The predicted octanol–water partition coefficient (Wildman–Crippen LogP) is 2.90. The highest BCUT2D eigenvalue weighted by atomic mass is 32.2. The largest absolute Gasteiger partial charge is 0.311 e. The molecule has 0 aromatic heterocycles. The van der Waals surface area contributed by atoms with Gasteiger partial charge in [-0.2, -0.15) is 0 Å². The molecule has 2 atom stereocenters. The molecule has 1 aromatic carbocycles. The zero-order valence-electron chi connectivity index (χ0n) is 13.5. The highest BCUT2D eigenvalue weighted by Gasteiger charge is 2.34. The van der Waals surface area contributed by atoms with Gasteiger partial charge in [-0.05, 0) is 45.6 Å². The van der Waals surface area contributed by atoms with Crippen molar-refractivity contribution >= 4 is 9.84 Å². The van der Waals surface area contributed by atoms with Crippen molar-refractivity contribution in [3.05, 3.63) is 35.4 Å². The summed E-state index contributed by atoms with van der Waals surface area (Å²) in [5, 5.41) is 3.54. The van der Waals surface area contributed by atoms with Crippen molar-refractivity contribution in [3.8, 4) is 0 Å². The summed E-state index contributed by atoms with van der Waals surface area (Å²) < 4.78 is 23.6. The third-order valence-electron chi connectivity index (χ3n) is 4.19. The van der Waals surface area contributed by atoms with E-state index in [-0.39, 0.29) is 17.4 Å². The number of benzene rings is 1. The monoisotopic (exact) mass is 309 g/mol. The summed E-state index contributed by atoms with van der Waals surface area (Å²) in [6.07, 6.45) is 0.784. The Labute approximate surface area is 129 Å². The molecule has 1 aliphatic heterocycles. The average Bonchev–Trinajstić information content (AvgIpc) is 2.71. The van der Waals surface area contributed by atoms with E-state index in [0.717, 1.165) is 13.0 Å². The van der Waals surface area contributed by atoms with Crippen molar-refractivity contribution in [2.45, 2.75) is 45.6 Å². The number of aryl methyl sites for hydroxylation is 1. The molecule has 1 heterocycles. The van der Waals surface area contributed by atoms with Crippen molar-refractivity contribution in [2.75, 3.05) is 18.1 Å². The standard InChI is InChI=1S/C17H27NO2S/c1-13-5-7-14(8-6-13)16(11-18-17(2,3)4)15-9-10-21(19,20)12-15/h5-8,15-16,18H,9-12H2,1-4H3. The molecule has 118 valence electrons. The Morgan fingerprint density at radius 3 is 2.33 bits per heavy atom. The number of hydrogen-bond acceptors (Lipinski definition) is 3. The van der Waals surface area contributed by atoms with Gasteiger partial charge >= 0.3 is 0 Å². The minimum Gasteiger partial charge on any atom is -0.311 e. The lowest BCUT2D eigenvalue weighted by Crippen LogP contribution is -2.40. The van der Waals surface area contributed by atoms with Crippen LogP contribution in [0.1, 0.15) is 44.2 Å². The molecule has 1 N–H and O–H groups in total. The van der Waals surface area contributed by atoms with E-state index in [1.165, 1.54) is 11.1 Å². The molecule has 21 heavy (non-hydrogen) atoms. The second kappa shape index (κ2) is 6.09. The smallest absolute Gasteiger partial charge is 0.150 e. The first-order chi connectivity index (χ1) is 9.66. The van der Waals surface area contributed by atoms with E-state index in [1.807, 2.05) is 0 Å². The Balaban J connectivity index is 2.20. The molecular formula is C17H27NO2S. The molecule has 1 saturated heterocycles. The molecule has 2 rings (SSSR count). The summed E-state index contributed by atoms with van der Waals surface area (Å²) in [5.74, 6) is 1.17. The highest BCUT2D eigenvalue weighted by molar-refractivity contribution is 7.91. The van der Waals surface area contributed by atoms with Gasteiger partial charge in [0.2, 0.25) is 0 Å². The van der Waals surface area contributed by atoms with Gasteiger partial charge in [0.05, 0.1) is 11.5 Å². The maximum atomic E-state index is 11.8. The molecular weight excluding hydrogens is 282 g/mol. The first kappa shape index (κ1) is 16.5. The van der Waals surface area contributed by atoms with E-state index >= 15 is 0 Å². The zero-order valence-corrected chi connectivity index (χ0v) is 14.3. The predicted molar refractivity (Wildman–Crippen MR) is 88.4 cm³/mol. The second-order valence-corrected chi connectivity index (χ2v) is 9.54. The zero-order chi connectivity index (χ0) is 15.7. The van der Waals surface area contributed by atoms with Crippen molar-refractivity contribution < 1.29 is 8.42 Å². The maximum Gasteiger partial charge on any atom is 0.150 e. The van der Waals surface area contributed by atoms with Crippen LogP contribution in [-0.2, 0) is 9.84 Å². The number of hydrogen-bond donors (Lipinski definition) is 1. The van der Waals surface area contributed by atoms with E-state index in [1.54, 1.807) is 0 Å². The lowest BCUT2D eigenvalue weighted by molar-refractivity contribution is 0.363. The van der Waals surface area contributed by atoms with Crippen molar-refractivity contribution in [1.82, 2.24) is 5.32 Å². The topological polar surface area (TPSA) is 46.2 Å². The van der Waals surface area contributed by atoms with Crippen LogP contribution < -0.4 is 5.32 Å². The molecule has 4 heteroatoms. The molecule has 1 fully saturated rings. The average molecular weight is 309 g/mol. The maximum absolute atomic E-state index is 11.8. The van der Waals surface area contributed by atoms with E-state index in [9.17, 15) is 8.42 Å². The molecule has 0 bridgehead atoms. The fourth-order valence-electron chi connectivity index (χ4n) is 2.93. The van der Waals surface area contributed by atoms with Crippen LogP contribution in [0.3, 0.4) is 0 Å². The van der Waals surface area contributed by atoms with Gasteiger partial charge in [0.15, 0.2) is 9.84 Å². The lowest BCUT2D eigenvalue weighted by Gasteiger charge is -2.29. The van der Waals surface area contributed by atoms with Crippen LogP contribution in [0.4, 0.5) is 0 Å². The van der Waals surface area contributed by atoms with E-state index < -0.39 is 9.84 Å². The van der Waals surface area contributed by atoms with Crippen LogP contribution in [0.5, 0.6) is 0 Å². The van der Waals surface area contributed by atoms with Crippen LogP contribution in [0, 0.1) is 12.8 Å². The second-order valence-electron chi connectivity index (χ2n) is 7.31. The van der Waals surface area contributed by atoms with Gasteiger partial charge < -0.3 is 5.32 Å². The van der Waals surface area contributed by atoms with Gasteiger partial charge in [0.1, 0.15) is 0 Å². The minimum absolute atomic E-state index is 0.0421. The van der Waals surface area contributed by atoms with E-state index in [4.69, 9.17) is 0 Å². The van der Waals surface area contributed by atoms with Crippen LogP contribution in [0.15, 0.2) is 24.3 Å². The number of sulfone groups is 1. The van der Waals surface area contributed by atoms with Crippen molar-refractivity contribution in [1.29, 1.82) is 0 Å². The van der Waals surface area contributed by atoms with Crippen molar-refractivity contribution in [2.24, 2.45) is 5.92 Å². The first-order valence-electron chi connectivity index (χ1n) is 7.68. The summed E-state index contributed by atoms with van der Waals surface area (Å²) in [5.41, 5.74) is 2.53. The van der Waals surface area contributed by atoms with Gasteiger partial charge in [-0.15, -0.1) is 0 Å². The fraction of sp³-hybridized carbons (Fsp3) is 0.647. The van der Waals surface area contributed by atoms with Crippen LogP contribution in [-0.4, -0.2) is 32.0 Å². The molecule has 3 nitrogen and oxygen atoms in total. The summed E-state index contributed by atoms with van der Waals surface area (Å²) in [6.45, 7) is 9.33. The van der Waals surface area contributed by atoms with Crippen LogP contribution >= 0.6 is 0 Å². The van der Waals surface area contributed by atoms with E-state index in [0.29, 0.717) is 11.5 Å². The minimum atomic E-state index is -2.84. The van der Waals surface area contributed by atoms with Gasteiger partial charge in [-0.3, -0.25) is 0 Å². The normalized spacial score (nSPS) is 23.1. The number of nitrogens with one attached hydrogen (secondary N) is 1. The Kier molecular flexibility index (Phi) is 4.79. The lowest BCUT2D eigenvalue weighted by atomic mass is 9.84. The quantitative estimate of drug-likeness (QED) is 0.930. The molecule has 2 unspecified atom stereocenters.